The maximum Gasteiger partial charge on any atom is 0.258 e. The molecule has 6 heteroatoms. The number of nitrogens with one attached hydrogen (secondary N) is 1. The zero-order chi connectivity index (χ0) is 14.7. The minimum Gasteiger partial charge on any atom is -0.378 e. The van der Waals surface area contributed by atoms with Crippen LogP contribution in [0.1, 0.15) is 21.6 Å². The molecule has 0 spiro atoms. The van der Waals surface area contributed by atoms with E-state index in [-0.39, 0.29) is 5.91 Å². The van der Waals surface area contributed by atoms with Crippen LogP contribution >= 0.6 is 23.1 Å². The van der Waals surface area contributed by atoms with Crippen LogP contribution in [0.15, 0.2) is 24.3 Å². The van der Waals surface area contributed by atoms with Crippen LogP contribution in [0.5, 0.6) is 0 Å². The van der Waals surface area contributed by atoms with Crippen molar-refractivity contribution < 1.29 is 4.79 Å². The second-order valence-corrected chi connectivity index (χ2v) is 5.72. The molecule has 0 aliphatic rings. The molecule has 0 saturated heterocycles. The zero-order valence-electron chi connectivity index (χ0n) is 11.6. The number of carbonyl (C=O) groups is 1. The molecule has 0 atom stereocenters. The first-order chi connectivity index (χ1) is 9.52. The van der Waals surface area contributed by atoms with Gasteiger partial charge in [0.2, 0.25) is 0 Å². The number of halogens is 1. The third-order valence-electron chi connectivity index (χ3n) is 2.96. The average molecular weight is 310 g/mol. The van der Waals surface area contributed by atoms with E-state index < -0.39 is 0 Å². The van der Waals surface area contributed by atoms with Crippen LogP contribution in [0.4, 0.5) is 5.00 Å². The van der Waals surface area contributed by atoms with E-state index in [0.29, 0.717) is 17.1 Å². The van der Waals surface area contributed by atoms with Crippen LogP contribution in [-0.2, 0) is 6.54 Å². The van der Waals surface area contributed by atoms with Crippen molar-refractivity contribution in [3.8, 4) is 0 Å². The Labute approximate surface area is 127 Å². The van der Waals surface area contributed by atoms with E-state index in [1.165, 1.54) is 11.5 Å². The van der Waals surface area contributed by atoms with Crippen LogP contribution < -0.4 is 5.32 Å². The highest BCUT2D eigenvalue weighted by Gasteiger charge is 2.21. The summed E-state index contributed by atoms with van der Waals surface area (Å²) >= 11 is 7.26. The largest absolute Gasteiger partial charge is 0.378 e. The fourth-order valence-electron chi connectivity index (χ4n) is 1.96. The number of benzene rings is 1. The van der Waals surface area contributed by atoms with Crippen molar-refractivity contribution in [1.82, 2.24) is 9.27 Å². The highest BCUT2D eigenvalue weighted by molar-refractivity contribution is 7.10. The SMILES string of the molecule is CNc1snc(C)c1C(=O)N(C)Cc1cccc(Cl)c1. The lowest BCUT2D eigenvalue weighted by Crippen LogP contribution is -2.27. The molecule has 2 rings (SSSR count). The van der Waals surface area contributed by atoms with E-state index in [4.69, 9.17) is 11.6 Å². The number of rotatable bonds is 4. The van der Waals surface area contributed by atoms with Crippen LogP contribution in [0.2, 0.25) is 5.02 Å². The zero-order valence-corrected chi connectivity index (χ0v) is 13.2. The maximum absolute atomic E-state index is 12.5. The Morgan fingerprint density at radius 3 is 2.90 bits per heavy atom. The lowest BCUT2D eigenvalue weighted by Gasteiger charge is -2.18. The van der Waals surface area contributed by atoms with Crippen molar-refractivity contribution in [2.24, 2.45) is 0 Å². The Bertz CT molecular complexity index is 627. The Morgan fingerprint density at radius 1 is 1.50 bits per heavy atom. The molecule has 1 aromatic heterocycles. The second-order valence-electron chi connectivity index (χ2n) is 4.51. The molecule has 0 radical (unpaired) electrons. The van der Waals surface area contributed by atoms with Gasteiger partial charge in [0.05, 0.1) is 11.3 Å². The fourth-order valence-corrected chi connectivity index (χ4v) is 2.91. The fraction of sp³-hybridized carbons (Fsp3) is 0.286. The van der Waals surface area contributed by atoms with E-state index in [2.05, 4.69) is 9.69 Å². The number of aromatic nitrogens is 1. The van der Waals surface area contributed by atoms with Crippen molar-refractivity contribution in [1.29, 1.82) is 0 Å². The van der Waals surface area contributed by atoms with Gasteiger partial charge in [0.15, 0.2) is 0 Å². The summed E-state index contributed by atoms with van der Waals surface area (Å²) in [4.78, 5) is 14.2. The molecule has 0 aliphatic carbocycles. The van der Waals surface area contributed by atoms with Gasteiger partial charge in [-0.3, -0.25) is 4.79 Å². The third-order valence-corrected chi connectivity index (χ3v) is 4.15. The van der Waals surface area contributed by atoms with E-state index in [1.807, 2.05) is 31.2 Å². The Hall–Kier alpha value is -1.59. The standard InChI is InChI=1S/C14H16ClN3OS/c1-9-12(13(16-2)20-17-9)14(19)18(3)8-10-5-4-6-11(15)7-10/h4-7,16H,8H2,1-3H3. The summed E-state index contributed by atoms with van der Waals surface area (Å²) in [7, 11) is 3.57. The smallest absolute Gasteiger partial charge is 0.258 e. The van der Waals surface area contributed by atoms with E-state index in [1.54, 1.807) is 19.0 Å². The molecule has 0 unspecified atom stereocenters. The van der Waals surface area contributed by atoms with Crippen LogP contribution in [0.3, 0.4) is 0 Å². The van der Waals surface area contributed by atoms with Crippen molar-refractivity contribution in [3.05, 3.63) is 46.1 Å². The van der Waals surface area contributed by atoms with Crippen LogP contribution in [-0.4, -0.2) is 29.3 Å². The van der Waals surface area contributed by atoms with Gasteiger partial charge in [0.25, 0.3) is 5.91 Å². The summed E-state index contributed by atoms with van der Waals surface area (Å²) in [6.45, 7) is 2.36. The molecule has 4 nitrogen and oxygen atoms in total. The second kappa shape index (κ2) is 6.24. The first-order valence-electron chi connectivity index (χ1n) is 6.17. The van der Waals surface area contributed by atoms with Gasteiger partial charge >= 0.3 is 0 Å². The average Bonchev–Trinajstić information content (AvgIpc) is 2.79. The molecule has 20 heavy (non-hydrogen) atoms. The molecule has 1 heterocycles. The Balaban J connectivity index is 2.18. The number of aryl methyl sites for hydroxylation is 1. The molecular weight excluding hydrogens is 294 g/mol. The molecular formula is C14H16ClN3OS. The maximum atomic E-state index is 12.5. The van der Waals surface area contributed by atoms with Gasteiger partial charge in [0.1, 0.15) is 5.00 Å². The van der Waals surface area contributed by atoms with E-state index in [0.717, 1.165) is 16.3 Å². The van der Waals surface area contributed by atoms with Gasteiger partial charge in [-0.1, -0.05) is 23.7 Å². The first-order valence-corrected chi connectivity index (χ1v) is 7.32. The van der Waals surface area contributed by atoms with Gasteiger partial charge in [-0.15, -0.1) is 0 Å². The van der Waals surface area contributed by atoms with Crippen molar-refractivity contribution in [3.63, 3.8) is 0 Å². The van der Waals surface area contributed by atoms with Gasteiger partial charge in [0, 0.05) is 25.7 Å². The minimum absolute atomic E-state index is 0.0411. The molecule has 2 aromatic rings. The van der Waals surface area contributed by atoms with Crippen LogP contribution in [0.25, 0.3) is 0 Å². The van der Waals surface area contributed by atoms with Crippen molar-refractivity contribution >= 4 is 34.0 Å². The highest BCUT2D eigenvalue weighted by Crippen LogP contribution is 2.25. The van der Waals surface area contributed by atoms with Gasteiger partial charge in [-0.25, -0.2) is 0 Å². The number of carbonyl (C=O) groups excluding carboxylic acids is 1. The van der Waals surface area contributed by atoms with Crippen molar-refractivity contribution in [2.75, 3.05) is 19.4 Å². The van der Waals surface area contributed by atoms with Gasteiger partial charge < -0.3 is 10.2 Å². The van der Waals surface area contributed by atoms with Gasteiger partial charge in [-0.2, -0.15) is 4.37 Å². The lowest BCUT2D eigenvalue weighted by atomic mass is 10.2. The first kappa shape index (κ1) is 14.8. The molecule has 106 valence electrons. The molecule has 1 amide bonds. The predicted molar refractivity (Wildman–Crippen MR) is 83.6 cm³/mol. The summed E-state index contributed by atoms with van der Waals surface area (Å²) in [6, 6.07) is 7.52. The number of nitrogens with zero attached hydrogens (tertiary/aromatic N) is 2. The molecule has 1 aromatic carbocycles. The monoisotopic (exact) mass is 309 g/mol. The topological polar surface area (TPSA) is 45.2 Å². The molecule has 0 fully saturated rings. The summed E-state index contributed by atoms with van der Waals surface area (Å²) < 4.78 is 4.22. The molecule has 0 bridgehead atoms. The summed E-state index contributed by atoms with van der Waals surface area (Å²) in [5, 5.41) is 4.48. The Kier molecular flexibility index (Phi) is 4.62. The summed E-state index contributed by atoms with van der Waals surface area (Å²) in [6.07, 6.45) is 0. The van der Waals surface area contributed by atoms with Crippen LogP contribution in [0, 0.1) is 6.92 Å². The number of anilines is 1. The quantitative estimate of drug-likeness (QED) is 0.941. The minimum atomic E-state index is -0.0411. The van der Waals surface area contributed by atoms with Crippen molar-refractivity contribution in [2.45, 2.75) is 13.5 Å². The Morgan fingerprint density at radius 2 is 2.25 bits per heavy atom. The normalized spacial score (nSPS) is 10.4. The summed E-state index contributed by atoms with van der Waals surface area (Å²) in [5.41, 5.74) is 2.39. The molecule has 0 saturated carbocycles. The number of amides is 1. The third kappa shape index (κ3) is 3.11. The molecule has 1 N–H and O–H groups in total. The number of hydrogen-bond donors (Lipinski definition) is 1. The lowest BCUT2D eigenvalue weighted by molar-refractivity contribution is 0.0785. The highest BCUT2D eigenvalue weighted by atomic mass is 35.5. The summed E-state index contributed by atoms with van der Waals surface area (Å²) in [5.74, 6) is -0.0411. The molecule has 0 aliphatic heterocycles. The number of hydrogen-bond acceptors (Lipinski definition) is 4. The van der Waals surface area contributed by atoms with Gasteiger partial charge in [-0.05, 0) is 36.2 Å². The van der Waals surface area contributed by atoms with E-state index >= 15 is 0 Å². The predicted octanol–water partition coefficient (Wildman–Crippen LogP) is 3.42. The van der Waals surface area contributed by atoms with E-state index in [9.17, 15) is 4.79 Å².